The number of benzene rings is 1. The lowest BCUT2D eigenvalue weighted by Gasteiger charge is -2.29. The van der Waals surface area contributed by atoms with Gasteiger partial charge in [-0.05, 0) is 31.0 Å². The number of hydrogen-bond acceptors (Lipinski definition) is 4. The molecule has 2 unspecified atom stereocenters. The van der Waals surface area contributed by atoms with Crippen LogP contribution in [0.3, 0.4) is 0 Å². The van der Waals surface area contributed by atoms with E-state index in [4.69, 9.17) is 9.84 Å². The second-order valence-electron chi connectivity index (χ2n) is 5.03. The largest absolute Gasteiger partial charge is 0.395 e. The summed E-state index contributed by atoms with van der Waals surface area (Å²) in [6, 6.07) is 7.00. The van der Waals surface area contributed by atoms with E-state index in [1.807, 2.05) is 0 Å². The Morgan fingerprint density at radius 3 is 2.62 bits per heavy atom. The molecule has 2 amide bonds. The van der Waals surface area contributed by atoms with E-state index in [2.05, 4.69) is 11.8 Å². The van der Waals surface area contributed by atoms with E-state index in [9.17, 15) is 9.59 Å². The molecule has 2 fully saturated rings. The summed E-state index contributed by atoms with van der Waals surface area (Å²) in [5, 5.41) is 8.72. The van der Waals surface area contributed by atoms with Crippen molar-refractivity contribution >= 4 is 17.5 Å². The molecule has 1 aromatic carbocycles. The molecule has 5 nitrogen and oxygen atoms in total. The number of imide groups is 1. The zero-order valence-corrected chi connectivity index (χ0v) is 11.4. The Balaban J connectivity index is 1.90. The first-order chi connectivity index (χ1) is 10.2. The number of morpholine rings is 1. The van der Waals surface area contributed by atoms with Gasteiger partial charge in [0.2, 0.25) is 0 Å². The van der Waals surface area contributed by atoms with E-state index >= 15 is 0 Å². The fourth-order valence-electron chi connectivity index (χ4n) is 2.59. The minimum absolute atomic E-state index is 0.0104. The molecule has 0 spiro atoms. The number of rotatable bonds is 2. The van der Waals surface area contributed by atoms with E-state index in [1.165, 1.54) is 4.90 Å². The molecule has 21 heavy (non-hydrogen) atoms. The fraction of sp³-hybridized carbons (Fsp3) is 0.375. The number of hydrogen-bond donors (Lipinski definition) is 1. The van der Waals surface area contributed by atoms with E-state index in [0.29, 0.717) is 30.5 Å². The maximum atomic E-state index is 12.3. The molecule has 0 radical (unpaired) electrons. The van der Waals surface area contributed by atoms with Gasteiger partial charge in [-0.2, -0.15) is 0 Å². The summed E-state index contributed by atoms with van der Waals surface area (Å²) in [4.78, 5) is 25.8. The maximum absolute atomic E-state index is 12.3. The molecule has 2 aliphatic heterocycles. The Morgan fingerprint density at radius 1 is 1.24 bits per heavy atom. The zero-order valence-electron chi connectivity index (χ0n) is 11.4. The first kappa shape index (κ1) is 13.8. The van der Waals surface area contributed by atoms with Crippen LogP contribution in [0.25, 0.3) is 0 Å². The highest BCUT2D eigenvalue weighted by molar-refractivity contribution is 6.19. The molecular weight excluding hydrogens is 270 g/mol. The third kappa shape index (κ3) is 2.56. The van der Waals surface area contributed by atoms with Crippen LogP contribution in [0, 0.1) is 11.8 Å². The van der Waals surface area contributed by atoms with Crippen LogP contribution in [0.2, 0.25) is 0 Å². The van der Waals surface area contributed by atoms with Gasteiger partial charge in [0.1, 0.15) is 12.2 Å². The van der Waals surface area contributed by atoms with Gasteiger partial charge in [-0.1, -0.05) is 17.9 Å². The second-order valence-corrected chi connectivity index (χ2v) is 5.03. The summed E-state index contributed by atoms with van der Waals surface area (Å²) in [7, 11) is 0. The third-order valence-electron chi connectivity index (χ3n) is 3.59. The maximum Gasteiger partial charge on any atom is 0.262 e. The lowest BCUT2D eigenvalue weighted by atomic mass is 10.1. The van der Waals surface area contributed by atoms with Crippen molar-refractivity contribution in [2.24, 2.45) is 0 Å². The molecule has 2 bridgehead atoms. The van der Waals surface area contributed by atoms with Crippen molar-refractivity contribution in [3.05, 3.63) is 29.8 Å². The summed E-state index contributed by atoms with van der Waals surface area (Å²) in [5.41, 5.74) is 1.24. The van der Waals surface area contributed by atoms with Crippen LogP contribution in [-0.4, -0.2) is 35.7 Å². The number of nitrogens with zero attached hydrogens (tertiary/aromatic N) is 1. The highest BCUT2D eigenvalue weighted by atomic mass is 16.5. The predicted octanol–water partition coefficient (Wildman–Crippen LogP) is 0.841. The minimum atomic E-state index is -0.503. The molecule has 2 aliphatic rings. The molecule has 108 valence electrons. The van der Waals surface area contributed by atoms with Crippen molar-refractivity contribution < 1.29 is 19.4 Å². The van der Waals surface area contributed by atoms with Crippen molar-refractivity contribution in [1.82, 2.24) is 0 Å². The van der Waals surface area contributed by atoms with Gasteiger partial charge in [-0.3, -0.25) is 9.59 Å². The number of aliphatic hydroxyl groups excluding tert-OH is 1. The molecule has 1 aromatic rings. The Hall–Kier alpha value is -2.16. The number of carbonyl (C=O) groups is 2. The quantitative estimate of drug-likeness (QED) is 0.646. The molecule has 5 heteroatoms. The van der Waals surface area contributed by atoms with Gasteiger partial charge in [0, 0.05) is 12.0 Å². The van der Waals surface area contributed by atoms with Crippen LogP contribution in [-0.2, 0) is 14.3 Å². The van der Waals surface area contributed by atoms with Crippen molar-refractivity contribution in [1.29, 1.82) is 0 Å². The number of fused-ring (bicyclic) bond motifs is 2. The average molecular weight is 285 g/mol. The molecule has 0 saturated carbocycles. The van der Waals surface area contributed by atoms with Crippen LogP contribution in [0.1, 0.15) is 24.8 Å². The number of ether oxygens (including phenoxy) is 1. The summed E-state index contributed by atoms with van der Waals surface area (Å²) in [6.07, 6.45) is 0.585. The standard InChI is InChI=1S/C16H15NO4/c18-9-2-1-4-11-5-3-6-12(10-11)17-15(19)13-7-8-14(21-13)16(17)20/h3,5-6,10,13-14,18H,2,7-9H2. The number of aliphatic hydroxyl groups is 1. The van der Waals surface area contributed by atoms with Gasteiger partial charge in [0.15, 0.2) is 0 Å². The van der Waals surface area contributed by atoms with Crippen LogP contribution >= 0.6 is 0 Å². The zero-order chi connectivity index (χ0) is 14.8. The number of amides is 2. The Morgan fingerprint density at radius 2 is 1.95 bits per heavy atom. The van der Waals surface area contributed by atoms with Crippen molar-refractivity contribution in [3.8, 4) is 11.8 Å². The van der Waals surface area contributed by atoms with Crippen LogP contribution in [0.4, 0.5) is 5.69 Å². The first-order valence-corrected chi connectivity index (χ1v) is 6.94. The molecule has 2 atom stereocenters. The van der Waals surface area contributed by atoms with Crippen LogP contribution in [0.15, 0.2) is 24.3 Å². The number of anilines is 1. The Kier molecular flexibility index (Phi) is 3.74. The van der Waals surface area contributed by atoms with Crippen LogP contribution < -0.4 is 4.90 Å². The van der Waals surface area contributed by atoms with Gasteiger partial charge in [0.05, 0.1) is 12.3 Å². The normalized spacial score (nSPS) is 24.0. The topological polar surface area (TPSA) is 66.8 Å². The lowest BCUT2D eigenvalue weighted by Crippen LogP contribution is -2.52. The lowest BCUT2D eigenvalue weighted by molar-refractivity contribution is -0.146. The summed E-state index contributed by atoms with van der Waals surface area (Å²) >= 11 is 0. The predicted molar refractivity (Wildman–Crippen MR) is 75.4 cm³/mol. The third-order valence-corrected chi connectivity index (χ3v) is 3.59. The average Bonchev–Trinajstić information content (AvgIpc) is 2.93. The summed E-state index contributed by atoms with van der Waals surface area (Å²) < 4.78 is 5.39. The SMILES string of the molecule is O=C1C2CCC(O2)C(=O)N1c1cccc(C#CCCO)c1. The molecule has 0 aliphatic carbocycles. The highest BCUT2D eigenvalue weighted by Gasteiger charge is 2.47. The molecule has 0 aromatic heterocycles. The van der Waals surface area contributed by atoms with Gasteiger partial charge in [-0.25, -0.2) is 4.90 Å². The smallest absolute Gasteiger partial charge is 0.262 e. The first-order valence-electron chi connectivity index (χ1n) is 6.94. The van der Waals surface area contributed by atoms with E-state index in [-0.39, 0.29) is 18.4 Å². The van der Waals surface area contributed by atoms with E-state index < -0.39 is 12.2 Å². The van der Waals surface area contributed by atoms with Gasteiger partial charge in [0.25, 0.3) is 11.8 Å². The minimum Gasteiger partial charge on any atom is -0.395 e. The fourth-order valence-corrected chi connectivity index (χ4v) is 2.59. The molecular formula is C16H15NO4. The monoisotopic (exact) mass is 285 g/mol. The summed E-state index contributed by atoms with van der Waals surface area (Å²) in [6.45, 7) is 0.0104. The molecule has 3 rings (SSSR count). The molecule has 2 heterocycles. The second kappa shape index (κ2) is 5.68. The Bertz CT molecular complexity index is 621. The van der Waals surface area contributed by atoms with Gasteiger partial charge in [-0.15, -0.1) is 0 Å². The molecule has 1 N–H and O–H groups in total. The number of carbonyl (C=O) groups excluding carboxylic acids is 2. The van der Waals surface area contributed by atoms with Crippen LogP contribution in [0.5, 0.6) is 0 Å². The summed E-state index contributed by atoms with van der Waals surface area (Å²) in [5.74, 6) is 5.13. The van der Waals surface area contributed by atoms with Crippen molar-refractivity contribution in [2.75, 3.05) is 11.5 Å². The van der Waals surface area contributed by atoms with E-state index in [1.54, 1.807) is 24.3 Å². The van der Waals surface area contributed by atoms with E-state index in [0.717, 1.165) is 0 Å². The Labute approximate surface area is 122 Å². The van der Waals surface area contributed by atoms with Crippen molar-refractivity contribution in [2.45, 2.75) is 31.5 Å². The highest BCUT2D eigenvalue weighted by Crippen LogP contribution is 2.31. The van der Waals surface area contributed by atoms with Gasteiger partial charge >= 0.3 is 0 Å². The van der Waals surface area contributed by atoms with Crippen molar-refractivity contribution in [3.63, 3.8) is 0 Å². The van der Waals surface area contributed by atoms with Gasteiger partial charge < -0.3 is 9.84 Å². The molecule has 2 saturated heterocycles.